The summed E-state index contributed by atoms with van der Waals surface area (Å²) in [5.74, 6) is 0.432. The average molecular weight is 270 g/mol. The minimum atomic E-state index is -0.134. The lowest BCUT2D eigenvalue weighted by Gasteiger charge is -2.14. The molecule has 1 amide bonds. The minimum Gasteiger partial charge on any atom is -0.360 e. The second-order valence-corrected chi connectivity index (χ2v) is 5.82. The first-order valence-corrected chi connectivity index (χ1v) is 7.22. The van der Waals surface area contributed by atoms with Crippen molar-refractivity contribution in [2.75, 3.05) is 11.9 Å². The Bertz CT molecular complexity index is 378. The Balaban J connectivity index is 2.48. The topological polar surface area (TPSA) is 66.9 Å². The number of rotatable bonds is 7. The predicted octanol–water partition coefficient (Wildman–Crippen LogP) is 2.52. The lowest BCUT2D eigenvalue weighted by molar-refractivity contribution is 0.0935. The fraction of sp³-hybridized carbons (Fsp3) is 0.750. The molecular formula is C12H22N4OS. The Morgan fingerprint density at radius 1 is 1.33 bits per heavy atom. The summed E-state index contributed by atoms with van der Waals surface area (Å²) in [4.78, 5) is 11.9. The van der Waals surface area contributed by atoms with Crippen LogP contribution in [0, 0.1) is 5.92 Å². The number of carbonyl (C=O) groups excluding carboxylic acids is 1. The maximum absolute atomic E-state index is 11.9. The van der Waals surface area contributed by atoms with Crippen LogP contribution < -0.4 is 10.6 Å². The lowest BCUT2D eigenvalue weighted by Crippen LogP contribution is -2.33. The van der Waals surface area contributed by atoms with Crippen LogP contribution in [-0.4, -0.2) is 28.7 Å². The number of nitrogens with zero attached hydrogens (tertiary/aromatic N) is 2. The number of hydrogen-bond donors (Lipinski definition) is 2. The number of anilines is 1. The number of amides is 1. The molecule has 1 aromatic heterocycles. The van der Waals surface area contributed by atoms with Crippen LogP contribution in [0.15, 0.2) is 0 Å². The fourth-order valence-corrected chi connectivity index (χ4v) is 2.34. The maximum Gasteiger partial charge on any atom is 0.282 e. The van der Waals surface area contributed by atoms with E-state index in [0.29, 0.717) is 16.1 Å². The molecule has 0 spiro atoms. The highest BCUT2D eigenvalue weighted by atomic mass is 32.1. The normalized spacial score (nSPS) is 12.5. The first kappa shape index (κ1) is 14.9. The van der Waals surface area contributed by atoms with Crippen LogP contribution in [0.4, 0.5) is 5.13 Å². The van der Waals surface area contributed by atoms with Crippen molar-refractivity contribution in [1.82, 2.24) is 15.5 Å². The first-order valence-electron chi connectivity index (χ1n) is 6.41. The third-order valence-corrected chi connectivity index (χ3v) is 3.23. The van der Waals surface area contributed by atoms with Gasteiger partial charge >= 0.3 is 0 Å². The molecule has 0 saturated heterocycles. The third-order valence-electron chi connectivity index (χ3n) is 2.35. The summed E-state index contributed by atoms with van der Waals surface area (Å²) in [6.45, 7) is 9.21. The Hall–Kier alpha value is -1.17. The smallest absolute Gasteiger partial charge is 0.282 e. The zero-order chi connectivity index (χ0) is 13.5. The van der Waals surface area contributed by atoms with Gasteiger partial charge in [-0.15, -0.1) is 10.2 Å². The Morgan fingerprint density at radius 3 is 2.67 bits per heavy atom. The van der Waals surface area contributed by atoms with Crippen molar-refractivity contribution in [2.45, 2.75) is 46.6 Å². The molecule has 102 valence electrons. The molecule has 6 heteroatoms. The van der Waals surface area contributed by atoms with E-state index in [4.69, 9.17) is 0 Å². The van der Waals surface area contributed by atoms with Crippen LogP contribution in [0.25, 0.3) is 0 Å². The van der Waals surface area contributed by atoms with Crippen molar-refractivity contribution >= 4 is 22.4 Å². The van der Waals surface area contributed by atoms with E-state index < -0.39 is 0 Å². The van der Waals surface area contributed by atoms with E-state index in [1.54, 1.807) is 0 Å². The van der Waals surface area contributed by atoms with Crippen molar-refractivity contribution in [3.63, 3.8) is 0 Å². The zero-order valence-corrected chi connectivity index (χ0v) is 12.3. The SMILES string of the molecule is CCCNc1nnc(C(=O)NC(C)CC(C)C)s1. The van der Waals surface area contributed by atoms with E-state index >= 15 is 0 Å². The van der Waals surface area contributed by atoms with Crippen molar-refractivity contribution in [2.24, 2.45) is 5.92 Å². The molecular weight excluding hydrogens is 248 g/mol. The van der Waals surface area contributed by atoms with Gasteiger partial charge in [-0.1, -0.05) is 32.1 Å². The van der Waals surface area contributed by atoms with E-state index in [2.05, 4.69) is 41.6 Å². The molecule has 0 aliphatic carbocycles. The maximum atomic E-state index is 11.9. The summed E-state index contributed by atoms with van der Waals surface area (Å²) in [6, 6.07) is 0.161. The van der Waals surface area contributed by atoms with Gasteiger partial charge in [-0.2, -0.15) is 0 Å². The van der Waals surface area contributed by atoms with E-state index in [0.717, 1.165) is 19.4 Å². The fourth-order valence-electron chi connectivity index (χ4n) is 1.67. The largest absolute Gasteiger partial charge is 0.360 e. The van der Waals surface area contributed by atoms with E-state index in [-0.39, 0.29) is 11.9 Å². The molecule has 1 rings (SSSR count). The molecule has 1 aromatic rings. The molecule has 5 nitrogen and oxygen atoms in total. The molecule has 0 aromatic carbocycles. The molecule has 0 aliphatic rings. The Labute approximate surface area is 112 Å². The molecule has 0 aliphatic heterocycles. The van der Waals surface area contributed by atoms with E-state index in [1.165, 1.54) is 11.3 Å². The van der Waals surface area contributed by atoms with Gasteiger partial charge in [0.25, 0.3) is 5.91 Å². The number of carbonyl (C=O) groups is 1. The highest BCUT2D eigenvalue weighted by molar-refractivity contribution is 7.17. The highest BCUT2D eigenvalue weighted by Crippen LogP contribution is 2.15. The molecule has 0 saturated carbocycles. The van der Waals surface area contributed by atoms with Crippen LogP contribution in [0.5, 0.6) is 0 Å². The van der Waals surface area contributed by atoms with Gasteiger partial charge in [0.2, 0.25) is 10.1 Å². The van der Waals surface area contributed by atoms with Crippen LogP contribution >= 0.6 is 11.3 Å². The van der Waals surface area contributed by atoms with Gasteiger partial charge in [0.1, 0.15) is 0 Å². The number of nitrogens with one attached hydrogen (secondary N) is 2. The van der Waals surface area contributed by atoms with Gasteiger partial charge in [0.05, 0.1) is 0 Å². The molecule has 0 bridgehead atoms. The minimum absolute atomic E-state index is 0.134. The molecule has 2 N–H and O–H groups in total. The van der Waals surface area contributed by atoms with Crippen LogP contribution in [0.1, 0.15) is 50.3 Å². The summed E-state index contributed by atoms with van der Waals surface area (Å²) in [5, 5.41) is 15.0. The summed E-state index contributed by atoms with van der Waals surface area (Å²) < 4.78 is 0. The predicted molar refractivity (Wildman–Crippen MR) is 75.1 cm³/mol. The van der Waals surface area contributed by atoms with Crippen molar-refractivity contribution < 1.29 is 4.79 Å². The Kier molecular flexibility index (Phi) is 6.04. The van der Waals surface area contributed by atoms with Crippen molar-refractivity contribution in [3.05, 3.63) is 5.01 Å². The quantitative estimate of drug-likeness (QED) is 0.799. The second kappa shape index (κ2) is 7.31. The van der Waals surface area contributed by atoms with Crippen molar-refractivity contribution in [3.8, 4) is 0 Å². The van der Waals surface area contributed by atoms with Gasteiger partial charge in [0.15, 0.2) is 0 Å². The van der Waals surface area contributed by atoms with Gasteiger partial charge in [-0.25, -0.2) is 0 Å². The summed E-state index contributed by atoms with van der Waals surface area (Å²) in [5.41, 5.74) is 0. The molecule has 0 radical (unpaired) electrons. The zero-order valence-electron chi connectivity index (χ0n) is 11.5. The third kappa shape index (κ3) is 5.00. The van der Waals surface area contributed by atoms with Gasteiger partial charge < -0.3 is 10.6 Å². The van der Waals surface area contributed by atoms with Crippen LogP contribution in [0.3, 0.4) is 0 Å². The second-order valence-electron chi connectivity index (χ2n) is 4.84. The van der Waals surface area contributed by atoms with Gasteiger partial charge in [-0.3, -0.25) is 4.79 Å². The monoisotopic (exact) mass is 270 g/mol. The summed E-state index contributed by atoms with van der Waals surface area (Å²) in [7, 11) is 0. The summed E-state index contributed by atoms with van der Waals surface area (Å²) >= 11 is 1.30. The first-order chi connectivity index (χ1) is 8.52. The molecule has 18 heavy (non-hydrogen) atoms. The van der Waals surface area contributed by atoms with Gasteiger partial charge in [-0.05, 0) is 25.7 Å². The molecule has 1 heterocycles. The van der Waals surface area contributed by atoms with Crippen LogP contribution in [-0.2, 0) is 0 Å². The standard InChI is InChI=1S/C12H22N4OS/c1-5-6-13-12-16-15-11(18-12)10(17)14-9(4)7-8(2)3/h8-9H,5-7H2,1-4H3,(H,13,16)(H,14,17). The molecule has 0 fully saturated rings. The van der Waals surface area contributed by atoms with Crippen molar-refractivity contribution in [1.29, 1.82) is 0 Å². The number of aromatic nitrogens is 2. The average Bonchev–Trinajstić information content (AvgIpc) is 2.73. The summed E-state index contributed by atoms with van der Waals surface area (Å²) in [6.07, 6.45) is 1.98. The molecule has 1 unspecified atom stereocenters. The highest BCUT2D eigenvalue weighted by Gasteiger charge is 2.15. The number of hydrogen-bond acceptors (Lipinski definition) is 5. The van der Waals surface area contributed by atoms with E-state index in [9.17, 15) is 4.79 Å². The Morgan fingerprint density at radius 2 is 2.06 bits per heavy atom. The van der Waals surface area contributed by atoms with E-state index in [1.807, 2.05) is 6.92 Å². The van der Waals surface area contributed by atoms with Crippen LogP contribution in [0.2, 0.25) is 0 Å². The van der Waals surface area contributed by atoms with Gasteiger partial charge in [0, 0.05) is 12.6 Å². The lowest BCUT2D eigenvalue weighted by atomic mass is 10.1. The molecule has 1 atom stereocenters.